The van der Waals surface area contributed by atoms with Gasteiger partial charge in [-0.1, -0.05) is 0 Å². The highest BCUT2D eigenvalue weighted by atomic mass is 16.5. The van der Waals surface area contributed by atoms with E-state index in [0.717, 1.165) is 0 Å². The van der Waals surface area contributed by atoms with E-state index >= 15 is 0 Å². The lowest BCUT2D eigenvalue weighted by atomic mass is 10.2. The molecule has 0 aromatic carbocycles. The normalized spacial score (nSPS) is 15.0. The zero-order chi connectivity index (χ0) is 11.1. The summed E-state index contributed by atoms with van der Waals surface area (Å²) in [6, 6.07) is 0. The molecular weight excluding hydrogens is 196 g/mol. The average molecular weight is 214 g/mol. The number of carbonyl (C=O) groups excluding carboxylic acids is 2. The molecular formula is C11H18O4. The van der Waals surface area contributed by atoms with E-state index in [4.69, 9.17) is 9.47 Å². The van der Waals surface area contributed by atoms with Crippen molar-refractivity contribution in [1.29, 1.82) is 0 Å². The Morgan fingerprint density at radius 1 is 1.27 bits per heavy atom. The summed E-state index contributed by atoms with van der Waals surface area (Å²) in [5.41, 5.74) is 0. The van der Waals surface area contributed by atoms with Crippen molar-refractivity contribution in [2.75, 3.05) is 19.8 Å². The molecule has 0 radical (unpaired) electrons. The summed E-state index contributed by atoms with van der Waals surface area (Å²) in [6.07, 6.45) is 2.83. The van der Waals surface area contributed by atoms with Crippen LogP contribution in [0.2, 0.25) is 0 Å². The zero-order valence-corrected chi connectivity index (χ0v) is 9.16. The highest BCUT2D eigenvalue weighted by molar-refractivity contribution is 5.83. The van der Waals surface area contributed by atoms with Gasteiger partial charge in [-0.2, -0.15) is 0 Å². The summed E-state index contributed by atoms with van der Waals surface area (Å²) in [5.74, 6) is 0.333. The maximum atomic E-state index is 11.2. The number of Topliss-reactive ketones (excluding diaryl/α,β-unsaturated/α-hetero) is 1. The summed E-state index contributed by atoms with van der Waals surface area (Å²) < 4.78 is 9.92. The maximum Gasteiger partial charge on any atom is 0.306 e. The minimum atomic E-state index is -0.312. The van der Waals surface area contributed by atoms with E-state index in [1.54, 1.807) is 6.92 Å². The van der Waals surface area contributed by atoms with Crippen LogP contribution in [0.3, 0.4) is 0 Å². The van der Waals surface area contributed by atoms with Crippen LogP contribution in [0.5, 0.6) is 0 Å². The van der Waals surface area contributed by atoms with Gasteiger partial charge in [0.25, 0.3) is 0 Å². The average Bonchev–Trinajstić information content (AvgIpc) is 2.99. The molecule has 15 heavy (non-hydrogen) atoms. The summed E-state index contributed by atoms with van der Waals surface area (Å²) in [7, 11) is 0. The van der Waals surface area contributed by atoms with E-state index in [9.17, 15) is 9.59 Å². The van der Waals surface area contributed by atoms with Crippen LogP contribution in [-0.2, 0) is 19.1 Å². The Labute approximate surface area is 89.9 Å². The van der Waals surface area contributed by atoms with Gasteiger partial charge in [0.05, 0.1) is 13.0 Å². The summed E-state index contributed by atoms with van der Waals surface area (Å²) in [4.78, 5) is 22.1. The van der Waals surface area contributed by atoms with E-state index in [0.29, 0.717) is 19.1 Å². The third-order valence-corrected chi connectivity index (χ3v) is 2.23. The molecule has 1 fully saturated rings. The minimum Gasteiger partial charge on any atom is -0.466 e. The Morgan fingerprint density at radius 3 is 2.60 bits per heavy atom. The van der Waals surface area contributed by atoms with Crippen LogP contribution in [0, 0.1) is 5.92 Å². The van der Waals surface area contributed by atoms with Gasteiger partial charge in [0, 0.05) is 13.0 Å². The monoisotopic (exact) mass is 214 g/mol. The van der Waals surface area contributed by atoms with Crippen molar-refractivity contribution in [3.63, 3.8) is 0 Å². The van der Waals surface area contributed by atoms with Crippen molar-refractivity contribution >= 4 is 11.8 Å². The fourth-order valence-corrected chi connectivity index (χ4v) is 1.17. The second-order valence-electron chi connectivity index (χ2n) is 3.80. The van der Waals surface area contributed by atoms with Crippen molar-refractivity contribution in [3.05, 3.63) is 0 Å². The van der Waals surface area contributed by atoms with Crippen LogP contribution < -0.4 is 0 Å². The van der Waals surface area contributed by atoms with Crippen molar-refractivity contribution in [3.8, 4) is 0 Å². The molecule has 4 nitrogen and oxygen atoms in total. The number of rotatable bonds is 8. The second kappa shape index (κ2) is 6.56. The molecule has 0 atom stereocenters. The lowest BCUT2D eigenvalue weighted by Crippen LogP contribution is -2.13. The number of hydrogen-bond donors (Lipinski definition) is 0. The maximum absolute atomic E-state index is 11.2. The lowest BCUT2D eigenvalue weighted by molar-refractivity contribution is -0.144. The fourth-order valence-electron chi connectivity index (χ4n) is 1.17. The molecule has 0 spiro atoms. The van der Waals surface area contributed by atoms with Gasteiger partial charge < -0.3 is 9.47 Å². The number of ether oxygens (including phenoxy) is 2. The topological polar surface area (TPSA) is 52.6 Å². The number of esters is 1. The van der Waals surface area contributed by atoms with Gasteiger partial charge in [0.1, 0.15) is 6.61 Å². The SMILES string of the molecule is CCOC(=O)CCC(=O)COCC1CC1. The minimum absolute atomic E-state index is 0.0243. The van der Waals surface area contributed by atoms with Gasteiger partial charge in [-0.05, 0) is 25.7 Å². The van der Waals surface area contributed by atoms with Crippen LogP contribution in [0.4, 0.5) is 0 Å². The molecule has 0 bridgehead atoms. The summed E-state index contributed by atoms with van der Waals surface area (Å²) in [6.45, 7) is 2.94. The van der Waals surface area contributed by atoms with Gasteiger partial charge >= 0.3 is 5.97 Å². The van der Waals surface area contributed by atoms with Gasteiger partial charge in [-0.15, -0.1) is 0 Å². The predicted octanol–water partition coefficient (Wildman–Crippen LogP) is 1.33. The van der Waals surface area contributed by atoms with Crippen molar-refractivity contribution in [2.45, 2.75) is 32.6 Å². The molecule has 1 aliphatic rings. The highest BCUT2D eigenvalue weighted by Gasteiger charge is 2.21. The van der Waals surface area contributed by atoms with Crippen molar-refractivity contribution in [2.24, 2.45) is 5.92 Å². The Hall–Kier alpha value is -0.900. The molecule has 0 aliphatic heterocycles. The zero-order valence-electron chi connectivity index (χ0n) is 9.16. The molecule has 0 aromatic rings. The molecule has 0 saturated heterocycles. The molecule has 0 heterocycles. The molecule has 1 aliphatic carbocycles. The van der Waals surface area contributed by atoms with E-state index in [2.05, 4.69) is 0 Å². The molecule has 1 saturated carbocycles. The van der Waals surface area contributed by atoms with E-state index in [1.807, 2.05) is 0 Å². The first-order valence-electron chi connectivity index (χ1n) is 5.47. The van der Waals surface area contributed by atoms with Gasteiger partial charge in [-0.25, -0.2) is 0 Å². The lowest BCUT2D eigenvalue weighted by Gasteiger charge is -2.02. The summed E-state index contributed by atoms with van der Waals surface area (Å²) in [5, 5.41) is 0. The van der Waals surface area contributed by atoms with E-state index in [1.165, 1.54) is 12.8 Å². The third kappa shape index (κ3) is 6.23. The van der Waals surface area contributed by atoms with Crippen LogP contribution in [-0.4, -0.2) is 31.6 Å². The smallest absolute Gasteiger partial charge is 0.306 e. The van der Waals surface area contributed by atoms with Crippen LogP contribution >= 0.6 is 0 Å². The number of hydrogen-bond acceptors (Lipinski definition) is 4. The van der Waals surface area contributed by atoms with Gasteiger partial charge in [0.2, 0.25) is 0 Å². The standard InChI is InChI=1S/C11H18O4/c1-2-15-11(13)6-5-10(12)8-14-7-9-3-4-9/h9H,2-8H2,1H3. The third-order valence-electron chi connectivity index (χ3n) is 2.23. The molecule has 0 unspecified atom stereocenters. The molecule has 0 N–H and O–H groups in total. The van der Waals surface area contributed by atoms with E-state index < -0.39 is 0 Å². The fraction of sp³-hybridized carbons (Fsp3) is 0.818. The molecule has 1 rings (SSSR count). The summed E-state index contributed by atoms with van der Waals surface area (Å²) >= 11 is 0. The Kier molecular flexibility index (Phi) is 5.32. The number of ketones is 1. The Bertz CT molecular complexity index is 221. The largest absolute Gasteiger partial charge is 0.466 e. The van der Waals surface area contributed by atoms with Crippen LogP contribution in [0.25, 0.3) is 0 Å². The van der Waals surface area contributed by atoms with Gasteiger partial charge in [0.15, 0.2) is 5.78 Å². The first kappa shape index (κ1) is 12.2. The highest BCUT2D eigenvalue weighted by Crippen LogP contribution is 2.28. The Balaban J connectivity index is 1.94. The predicted molar refractivity (Wildman–Crippen MR) is 54.4 cm³/mol. The van der Waals surface area contributed by atoms with Crippen LogP contribution in [0.1, 0.15) is 32.6 Å². The van der Waals surface area contributed by atoms with Crippen LogP contribution in [0.15, 0.2) is 0 Å². The van der Waals surface area contributed by atoms with Crippen molar-refractivity contribution in [1.82, 2.24) is 0 Å². The first-order chi connectivity index (χ1) is 7.22. The molecule has 4 heteroatoms. The number of carbonyl (C=O) groups is 2. The first-order valence-corrected chi connectivity index (χ1v) is 5.47. The van der Waals surface area contributed by atoms with Gasteiger partial charge in [-0.3, -0.25) is 9.59 Å². The molecule has 0 aromatic heterocycles. The molecule has 86 valence electrons. The Morgan fingerprint density at radius 2 is 2.00 bits per heavy atom. The quantitative estimate of drug-likeness (QED) is 0.572. The van der Waals surface area contributed by atoms with Crippen molar-refractivity contribution < 1.29 is 19.1 Å². The molecule has 0 amide bonds. The van der Waals surface area contributed by atoms with E-state index in [-0.39, 0.29) is 31.2 Å². The second-order valence-corrected chi connectivity index (χ2v) is 3.80.